The van der Waals surface area contributed by atoms with Gasteiger partial charge in [-0.3, -0.25) is 4.79 Å². The lowest BCUT2D eigenvalue weighted by molar-refractivity contribution is 0.0939. The molecule has 2 rings (SSSR count). The van der Waals surface area contributed by atoms with Gasteiger partial charge in [-0.05, 0) is 25.5 Å². The van der Waals surface area contributed by atoms with E-state index in [1.807, 2.05) is 44.2 Å². The molecule has 0 spiro atoms. The van der Waals surface area contributed by atoms with Gasteiger partial charge in [-0.25, -0.2) is 4.68 Å². The molecule has 1 heterocycles. The number of hydrogen-bond donors (Lipinski definition) is 1. The molecule has 4 nitrogen and oxygen atoms in total. The molecule has 0 saturated heterocycles. The van der Waals surface area contributed by atoms with E-state index in [9.17, 15) is 4.79 Å². The zero-order valence-electron chi connectivity index (χ0n) is 10.6. The van der Waals surface area contributed by atoms with Crippen LogP contribution in [0.25, 0.3) is 5.69 Å². The van der Waals surface area contributed by atoms with Crippen molar-refractivity contribution in [2.24, 2.45) is 0 Å². The SMILES string of the molecule is CCC(C)NC(=O)c1cnn(-c2ccccc2)c1. The maximum absolute atomic E-state index is 11.9. The Hall–Kier alpha value is -2.10. The van der Waals surface area contributed by atoms with Crippen molar-refractivity contribution < 1.29 is 4.79 Å². The van der Waals surface area contributed by atoms with Crippen LogP contribution in [0.2, 0.25) is 0 Å². The summed E-state index contributed by atoms with van der Waals surface area (Å²) in [5, 5.41) is 7.11. The van der Waals surface area contributed by atoms with Crippen molar-refractivity contribution in [2.45, 2.75) is 26.3 Å². The molecule has 1 aromatic heterocycles. The molecule has 0 aliphatic carbocycles. The first-order valence-electron chi connectivity index (χ1n) is 6.11. The number of amides is 1. The van der Waals surface area contributed by atoms with Crippen LogP contribution in [0.1, 0.15) is 30.6 Å². The highest BCUT2D eigenvalue weighted by atomic mass is 16.1. The number of carbonyl (C=O) groups excluding carboxylic acids is 1. The predicted octanol–water partition coefficient (Wildman–Crippen LogP) is 2.40. The predicted molar refractivity (Wildman–Crippen MR) is 70.8 cm³/mol. The minimum Gasteiger partial charge on any atom is -0.349 e. The Balaban J connectivity index is 2.13. The molecule has 1 unspecified atom stereocenters. The smallest absolute Gasteiger partial charge is 0.254 e. The third-order valence-electron chi connectivity index (χ3n) is 2.86. The van der Waals surface area contributed by atoms with Gasteiger partial charge in [-0.1, -0.05) is 25.1 Å². The summed E-state index contributed by atoms with van der Waals surface area (Å²) in [6.07, 6.45) is 4.25. The van der Waals surface area contributed by atoms with Crippen molar-refractivity contribution in [3.8, 4) is 5.69 Å². The van der Waals surface area contributed by atoms with Gasteiger partial charge >= 0.3 is 0 Å². The number of hydrogen-bond acceptors (Lipinski definition) is 2. The van der Waals surface area contributed by atoms with Gasteiger partial charge in [0, 0.05) is 12.2 Å². The van der Waals surface area contributed by atoms with Crippen LogP contribution in [0, 0.1) is 0 Å². The fourth-order valence-corrected chi connectivity index (χ4v) is 1.57. The molecule has 2 aromatic rings. The van der Waals surface area contributed by atoms with Crippen molar-refractivity contribution in [3.63, 3.8) is 0 Å². The number of nitrogens with zero attached hydrogens (tertiary/aromatic N) is 2. The quantitative estimate of drug-likeness (QED) is 0.896. The second-order valence-corrected chi connectivity index (χ2v) is 4.29. The summed E-state index contributed by atoms with van der Waals surface area (Å²) in [5.74, 6) is -0.0773. The number of para-hydroxylation sites is 1. The Morgan fingerprint density at radius 1 is 1.39 bits per heavy atom. The van der Waals surface area contributed by atoms with Crippen LogP contribution in [0.15, 0.2) is 42.7 Å². The molecule has 0 saturated carbocycles. The third-order valence-corrected chi connectivity index (χ3v) is 2.86. The summed E-state index contributed by atoms with van der Waals surface area (Å²) >= 11 is 0. The van der Waals surface area contributed by atoms with Gasteiger partial charge in [-0.15, -0.1) is 0 Å². The van der Waals surface area contributed by atoms with Crippen molar-refractivity contribution in [1.29, 1.82) is 0 Å². The third kappa shape index (κ3) is 2.77. The summed E-state index contributed by atoms with van der Waals surface area (Å²) in [6.45, 7) is 4.03. The van der Waals surface area contributed by atoms with Crippen molar-refractivity contribution in [1.82, 2.24) is 15.1 Å². The highest BCUT2D eigenvalue weighted by Crippen LogP contribution is 2.07. The van der Waals surface area contributed by atoms with E-state index in [1.54, 1.807) is 17.1 Å². The normalized spacial score (nSPS) is 12.1. The van der Waals surface area contributed by atoms with Gasteiger partial charge in [0.1, 0.15) is 0 Å². The van der Waals surface area contributed by atoms with E-state index in [0.29, 0.717) is 5.56 Å². The lowest BCUT2D eigenvalue weighted by atomic mass is 10.2. The molecule has 1 atom stereocenters. The number of rotatable bonds is 4. The molecule has 4 heteroatoms. The topological polar surface area (TPSA) is 46.9 Å². The Kier molecular flexibility index (Phi) is 3.77. The molecule has 0 radical (unpaired) electrons. The van der Waals surface area contributed by atoms with E-state index in [1.165, 1.54) is 0 Å². The van der Waals surface area contributed by atoms with Crippen LogP contribution in [-0.4, -0.2) is 21.7 Å². The van der Waals surface area contributed by atoms with Crippen LogP contribution >= 0.6 is 0 Å². The van der Waals surface area contributed by atoms with Gasteiger partial charge in [0.2, 0.25) is 0 Å². The highest BCUT2D eigenvalue weighted by molar-refractivity contribution is 5.93. The Bertz CT molecular complexity index is 519. The van der Waals surface area contributed by atoms with Gasteiger partial charge in [0.25, 0.3) is 5.91 Å². The van der Waals surface area contributed by atoms with E-state index < -0.39 is 0 Å². The molecule has 1 aromatic carbocycles. The molecule has 1 N–H and O–H groups in total. The number of carbonyl (C=O) groups is 1. The molecule has 0 aliphatic heterocycles. The second-order valence-electron chi connectivity index (χ2n) is 4.29. The van der Waals surface area contributed by atoms with Crippen LogP contribution in [0.4, 0.5) is 0 Å². The molecule has 1 amide bonds. The van der Waals surface area contributed by atoms with Crippen LogP contribution in [-0.2, 0) is 0 Å². The fourth-order valence-electron chi connectivity index (χ4n) is 1.57. The van der Waals surface area contributed by atoms with Gasteiger partial charge in [-0.2, -0.15) is 5.10 Å². The summed E-state index contributed by atoms with van der Waals surface area (Å²) < 4.78 is 1.70. The first-order valence-corrected chi connectivity index (χ1v) is 6.11. The van der Waals surface area contributed by atoms with Gasteiger partial charge in [0.05, 0.1) is 17.4 Å². The van der Waals surface area contributed by atoms with E-state index >= 15 is 0 Å². The lowest BCUT2D eigenvalue weighted by Gasteiger charge is -2.09. The number of nitrogens with one attached hydrogen (secondary N) is 1. The largest absolute Gasteiger partial charge is 0.349 e. The van der Waals surface area contributed by atoms with Gasteiger partial charge in [0.15, 0.2) is 0 Å². The first kappa shape index (κ1) is 12.4. The van der Waals surface area contributed by atoms with Crippen molar-refractivity contribution >= 4 is 5.91 Å². The summed E-state index contributed by atoms with van der Waals surface area (Å²) in [5.41, 5.74) is 1.53. The average molecular weight is 243 g/mol. The maximum atomic E-state index is 11.9. The standard InChI is InChI=1S/C14H17N3O/c1-3-11(2)16-14(18)12-9-15-17(10-12)13-7-5-4-6-8-13/h4-11H,3H2,1-2H3,(H,16,18). The minimum absolute atomic E-state index is 0.0773. The monoisotopic (exact) mass is 243 g/mol. The molecular weight excluding hydrogens is 226 g/mol. The van der Waals surface area contributed by atoms with E-state index in [2.05, 4.69) is 10.4 Å². The second kappa shape index (κ2) is 5.49. The molecule has 18 heavy (non-hydrogen) atoms. The summed E-state index contributed by atoms with van der Waals surface area (Å²) in [6, 6.07) is 9.90. The minimum atomic E-state index is -0.0773. The van der Waals surface area contributed by atoms with Crippen molar-refractivity contribution in [2.75, 3.05) is 0 Å². The molecule has 94 valence electrons. The maximum Gasteiger partial charge on any atom is 0.254 e. The van der Waals surface area contributed by atoms with E-state index in [4.69, 9.17) is 0 Å². The molecule has 0 bridgehead atoms. The van der Waals surface area contributed by atoms with Crippen molar-refractivity contribution in [3.05, 3.63) is 48.3 Å². The molecular formula is C14H17N3O. The molecule has 0 aliphatic rings. The fraction of sp³-hybridized carbons (Fsp3) is 0.286. The lowest BCUT2D eigenvalue weighted by Crippen LogP contribution is -2.31. The van der Waals surface area contributed by atoms with E-state index in [0.717, 1.165) is 12.1 Å². The van der Waals surface area contributed by atoms with Gasteiger partial charge < -0.3 is 5.32 Å². The molecule has 0 fully saturated rings. The van der Waals surface area contributed by atoms with Crippen LogP contribution < -0.4 is 5.32 Å². The Labute approximate surface area is 107 Å². The number of aromatic nitrogens is 2. The Morgan fingerprint density at radius 3 is 2.78 bits per heavy atom. The zero-order valence-corrected chi connectivity index (χ0v) is 10.6. The summed E-state index contributed by atoms with van der Waals surface area (Å²) in [7, 11) is 0. The van der Waals surface area contributed by atoms with Crippen LogP contribution in [0.5, 0.6) is 0 Å². The average Bonchev–Trinajstić information content (AvgIpc) is 2.89. The summed E-state index contributed by atoms with van der Waals surface area (Å²) in [4.78, 5) is 11.9. The number of benzene rings is 1. The van der Waals surface area contributed by atoms with E-state index in [-0.39, 0.29) is 11.9 Å². The van der Waals surface area contributed by atoms with Crippen LogP contribution in [0.3, 0.4) is 0 Å². The highest BCUT2D eigenvalue weighted by Gasteiger charge is 2.11. The zero-order chi connectivity index (χ0) is 13.0. The Morgan fingerprint density at radius 2 is 2.11 bits per heavy atom. The first-order chi connectivity index (χ1) is 8.70.